The number of rotatable bonds is 7. The molecule has 0 N–H and O–H groups in total. The number of nitrogens with zero attached hydrogens (tertiary/aromatic N) is 3. The van der Waals surface area contributed by atoms with Gasteiger partial charge in [-0.3, -0.25) is 9.69 Å². The Kier molecular flexibility index (Phi) is 5.07. The molecule has 0 radical (unpaired) electrons. The van der Waals surface area contributed by atoms with Crippen LogP contribution in [0, 0.1) is 0 Å². The minimum Gasteiger partial charge on any atom is -0.327 e. The molecule has 1 unspecified atom stereocenters. The lowest BCUT2D eigenvalue weighted by atomic mass is 10.0. The number of imidazole rings is 1. The minimum atomic E-state index is 0.249. The van der Waals surface area contributed by atoms with E-state index in [2.05, 4.69) is 48.0 Å². The predicted octanol–water partition coefficient (Wildman–Crippen LogP) is 2.78. The van der Waals surface area contributed by atoms with Crippen LogP contribution in [-0.4, -0.2) is 33.8 Å². The third kappa shape index (κ3) is 3.14. The molecule has 0 bridgehead atoms. The number of likely N-dealkylation sites (N-methyl/N-ethyl adjacent to an activating group) is 1. The van der Waals surface area contributed by atoms with Gasteiger partial charge in [0.25, 0.3) is 0 Å². The lowest BCUT2D eigenvalue weighted by Gasteiger charge is -2.30. The van der Waals surface area contributed by atoms with Crippen molar-refractivity contribution in [3.05, 3.63) is 54.1 Å². The van der Waals surface area contributed by atoms with E-state index in [-0.39, 0.29) is 6.04 Å². The zero-order valence-electron chi connectivity index (χ0n) is 12.1. The van der Waals surface area contributed by atoms with E-state index in [1.807, 2.05) is 10.6 Å². The second-order valence-corrected chi connectivity index (χ2v) is 4.74. The van der Waals surface area contributed by atoms with Crippen molar-refractivity contribution in [1.82, 2.24) is 14.5 Å². The van der Waals surface area contributed by atoms with E-state index in [1.165, 1.54) is 5.56 Å². The van der Waals surface area contributed by atoms with Crippen molar-refractivity contribution < 1.29 is 4.79 Å². The van der Waals surface area contributed by atoms with Crippen LogP contribution in [0.4, 0.5) is 0 Å². The van der Waals surface area contributed by atoms with Crippen LogP contribution in [0.15, 0.2) is 42.9 Å². The molecule has 0 aliphatic rings. The smallest absolute Gasteiger partial charge is 0.168 e. The summed E-state index contributed by atoms with van der Waals surface area (Å²) in [5.74, 6) is 0. The third-order valence-electron chi connectivity index (χ3n) is 3.67. The Hall–Kier alpha value is -1.94. The monoisotopic (exact) mass is 271 g/mol. The summed E-state index contributed by atoms with van der Waals surface area (Å²) in [6.07, 6.45) is 4.19. The number of aromatic nitrogens is 2. The van der Waals surface area contributed by atoms with E-state index in [0.29, 0.717) is 5.69 Å². The second kappa shape index (κ2) is 7.01. The molecule has 1 aromatic heterocycles. The van der Waals surface area contributed by atoms with Gasteiger partial charge in [-0.05, 0) is 18.7 Å². The van der Waals surface area contributed by atoms with Gasteiger partial charge < -0.3 is 4.57 Å². The lowest BCUT2D eigenvalue weighted by Crippen LogP contribution is -2.31. The number of carbonyl (C=O) groups excluding carboxylic acids is 1. The molecule has 0 fully saturated rings. The van der Waals surface area contributed by atoms with E-state index >= 15 is 0 Å². The normalized spacial score (nSPS) is 12.6. The molecule has 1 aromatic carbocycles. The molecule has 1 atom stereocenters. The van der Waals surface area contributed by atoms with Crippen molar-refractivity contribution in [1.29, 1.82) is 0 Å². The highest BCUT2D eigenvalue weighted by molar-refractivity contribution is 5.71. The average Bonchev–Trinajstić information content (AvgIpc) is 2.95. The van der Waals surface area contributed by atoms with Crippen molar-refractivity contribution >= 4 is 6.29 Å². The average molecular weight is 271 g/mol. The minimum absolute atomic E-state index is 0.249. The van der Waals surface area contributed by atoms with Crippen molar-refractivity contribution in [2.24, 2.45) is 0 Å². The molecule has 0 saturated carbocycles. The van der Waals surface area contributed by atoms with Crippen LogP contribution >= 0.6 is 0 Å². The van der Waals surface area contributed by atoms with Crippen LogP contribution in [0.1, 0.15) is 35.9 Å². The van der Waals surface area contributed by atoms with Gasteiger partial charge in [0.15, 0.2) is 6.29 Å². The summed E-state index contributed by atoms with van der Waals surface area (Å²) in [7, 11) is 0. The second-order valence-electron chi connectivity index (χ2n) is 4.74. The van der Waals surface area contributed by atoms with Gasteiger partial charge in [-0.2, -0.15) is 0 Å². The Morgan fingerprint density at radius 3 is 2.55 bits per heavy atom. The molecular formula is C16H21N3O. The van der Waals surface area contributed by atoms with Gasteiger partial charge in [-0.1, -0.05) is 44.2 Å². The van der Waals surface area contributed by atoms with Crippen molar-refractivity contribution in [3.63, 3.8) is 0 Å². The number of aldehydes is 1. The number of carbonyl (C=O) groups is 1. The molecule has 1 heterocycles. The van der Waals surface area contributed by atoms with E-state index in [4.69, 9.17) is 0 Å². The Balaban J connectivity index is 2.30. The van der Waals surface area contributed by atoms with Gasteiger partial charge in [0, 0.05) is 6.54 Å². The van der Waals surface area contributed by atoms with Crippen molar-refractivity contribution in [2.45, 2.75) is 26.4 Å². The van der Waals surface area contributed by atoms with Crippen LogP contribution in [0.5, 0.6) is 0 Å². The number of benzene rings is 1. The van der Waals surface area contributed by atoms with E-state index in [9.17, 15) is 4.79 Å². The van der Waals surface area contributed by atoms with Gasteiger partial charge in [0.1, 0.15) is 5.69 Å². The summed E-state index contributed by atoms with van der Waals surface area (Å²) in [6, 6.07) is 10.7. The highest BCUT2D eigenvalue weighted by Crippen LogP contribution is 2.22. The van der Waals surface area contributed by atoms with Gasteiger partial charge in [-0.25, -0.2) is 4.98 Å². The summed E-state index contributed by atoms with van der Waals surface area (Å²) in [5, 5.41) is 0. The maximum absolute atomic E-state index is 11.0. The van der Waals surface area contributed by atoms with E-state index < -0.39 is 0 Å². The fraction of sp³-hybridized carbons (Fsp3) is 0.375. The van der Waals surface area contributed by atoms with Crippen LogP contribution in [-0.2, 0) is 6.54 Å². The molecule has 0 aliphatic heterocycles. The molecule has 4 heteroatoms. The van der Waals surface area contributed by atoms with E-state index in [1.54, 1.807) is 12.5 Å². The zero-order chi connectivity index (χ0) is 14.4. The predicted molar refractivity (Wildman–Crippen MR) is 79.7 cm³/mol. The Bertz CT molecular complexity index is 532. The molecule has 106 valence electrons. The fourth-order valence-corrected chi connectivity index (χ4v) is 2.54. The number of hydrogen-bond donors (Lipinski definition) is 0. The molecule has 2 aromatic rings. The lowest BCUT2D eigenvalue weighted by molar-refractivity contribution is 0.111. The summed E-state index contributed by atoms with van der Waals surface area (Å²) in [6.45, 7) is 7.00. The van der Waals surface area contributed by atoms with Crippen LogP contribution < -0.4 is 0 Å². The van der Waals surface area contributed by atoms with Crippen molar-refractivity contribution in [3.8, 4) is 0 Å². The summed E-state index contributed by atoms with van der Waals surface area (Å²) < 4.78 is 1.92. The van der Waals surface area contributed by atoms with Gasteiger partial charge in [0.2, 0.25) is 0 Å². The zero-order valence-corrected chi connectivity index (χ0v) is 12.1. The largest absolute Gasteiger partial charge is 0.327 e. The Morgan fingerprint density at radius 1 is 1.25 bits per heavy atom. The SMILES string of the molecule is CCN(CC)C(Cn1cncc1C=O)c1ccccc1. The highest BCUT2D eigenvalue weighted by Gasteiger charge is 2.19. The Labute approximate surface area is 120 Å². The van der Waals surface area contributed by atoms with Crippen molar-refractivity contribution in [2.75, 3.05) is 13.1 Å². The van der Waals surface area contributed by atoms with E-state index in [0.717, 1.165) is 25.9 Å². The molecule has 0 spiro atoms. The summed E-state index contributed by atoms with van der Waals surface area (Å²) in [5.41, 5.74) is 1.89. The Morgan fingerprint density at radius 2 is 1.95 bits per heavy atom. The fourth-order valence-electron chi connectivity index (χ4n) is 2.54. The summed E-state index contributed by atoms with van der Waals surface area (Å²) >= 11 is 0. The van der Waals surface area contributed by atoms with Gasteiger partial charge >= 0.3 is 0 Å². The maximum Gasteiger partial charge on any atom is 0.168 e. The third-order valence-corrected chi connectivity index (χ3v) is 3.67. The first-order valence-electron chi connectivity index (χ1n) is 7.04. The maximum atomic E-state index is 11.0. The first-order chi connectivity index (χ1) is 9.80. The van der Waals surface area contributed by atoms with Gasteiger partial charge in [-0.15, -0.1) is 0 Å². The van der Waals surface area contributed by atoms with Crippen LogP contribution in [0.3, 0.4) is 0 Å². The molecule has 0 aliphatic carbocycles. The van der Waals surface area contributed by atoms with Crippen LogP contribution in [0.25, 0.3) is 0 Å². The molecule has 20 heavy (non-hydrogen) atoms. The van der Waals surface area contributed by atoms with Crippen LogP contribution in [0.2, 0.25) is 0 Å². The highest BCUT2D eigenvalue weighted by atomic mass is 16.1. The quantitative estimate of drug-likeness (QED) is 0.727. The first kappa shape index (κ1) is 14.5. The molecule has 0 amide bonds. The number of hydrogen-bond acceptors (Lipinski definition) is 3. The molecule has 4 nitrogen and oxygen atoms in total. The van der Waals surface area contributed by atoms with Gasteiger partial charge in [0.05, 0.1) is 18.6 Å². The summed E-state index contributed by atoms with van der Waals surface area (Å²) in [4.78, 5) is 17.5. The molecule has 0 saturated heterocycles. The topological polar surface area (TPSA) is 38.1 Å². The first-order valence-corrected chi connectivity index (χ1v) is 7.04. The molecule has 2 rings (SSSR count). The molecular weight excluding hydrogens is 250 g/mol. The standard InChI is InChI=1S/C16H21N3O/c1-3-18(4-2)16(14-8-6-5-7-9-14)11-19-13-17-10-15(19)12-20/h5-10,12-13,16H,3-4,11H2,1-2H3.